The smallest absolute Gasteiger partial charge is 0.243 e. The topological polar surface area (TPSA) is 138 Å². The second-order valence-electron chi connectivity index (χ2n) is 13.5. The van der Waals surface area contributed by atoms with E-state index < -0.39 is 39.5 Å². The molecule has 248 valence electrons. The Balaban J connectivity index is 1.56. The summed E-state index contributed by atoms with van der Waals surface area (Å²) in [5, 5.41) is 17.6. The Labute approximate surface area is 267 Å². The molecule has 2 amide bonds. The number of amides is 2. The second-order valence-corrected chi connectivity index (χ2v) is 15.4. The molecule has 0 spiro atoms. The van der Waals surface area contributed by atoms with Crippen molar-refractivity contribution in [3.05, 3.63) is 54.1 Å². The molecule has 1 saturated heterocycles. The van der Waals surface area contributed by atoms with Gasteiger partial charge < -0.3 is 25.2 Å². The van der Waals surface area contributed by atoms with Gasteiger partial charge in [-0.25, -0.2) is 8.42 Å². The van der Waals surface area contributed by atoms with Crippen LogP contribution in [0.1, 0.15) is 53.0 Å². The number of ether oxygens (including phenoxy) is 2. The van der Waals surface area contributed by atoms with Crippen LogP contribution in [0, 0.1) is 11.3 Å². The molecule has 2 heterocycles. The second kappa shape index (κ2) is 14.9. The highest BCUT2D eigenvalue weighted by atomic mass is 32.2. The maximum Gasteiger partial charge on any atom is 0.243 e. The molecule has 0 radical (unpaired) electrons. The van der Waals surface area contributed by atoms with Crippen LogP contribution in [-0.2, 0) is 26.0 Å². The molecular formula is C33H48N4O7S. The van der Waals surface area contributed by atoms with Gasteiger partial charge in [-0.1, -0.05) is 65.0 Å². The van der Waals surface area contributed by atoms with Gasteiger partial charge in [0.2, 0.25) is 28.6 Å². The Kier molecular flexibility index (Phi) is 11.5. The predicted octanol–water partition coefficient (Wildman–Crippen LogP) is 2.78. The molecule has 0 saturated carbocycles. The molecule has 0 aromatic heterocycles. The Morgan fingerprint density at radius 3 is 2.29 bits per heavy atom. The van der Waals surface area contributed by atoms with Gasteiger partial charge in [0.25, 0.3) is 0 Å². The van der Waals surface area contributed by atoms with Crippen LogP contribution in [0.15, 0.2) is 53.4 Å². The Morgan fingerprint density at radius 1 is 0.978 bits per heavy atom. The molecule has 2 aromatic carbocycles. The van der Waals surface area contributed by atoms with Crippen molar-refractivity contribution in [2.45, 2.75) is 77.0 Å². The number of sulfonamides is 1. The van der Waals surface area contributed by atoms with Crippen LogP contribution < -0.4 is 20.1 Å². The van der Waals surface area contributed by atoms with E-state index >= 15 is 0 Å². The number of hydrogen-bond acceptors (Lipinski definition) is 8. The third kappa shape index (κ3) is 9.41. The van der Waals surface area contributed by atoms with E-state index in [1.54, 1.807) is 6.07 Å². The number of nitrogens with zero attached hydrogens (tertiary/aromatic N) is 2. The zero-order chi connectivity index (χ0) is 32.8. The first kappa shape index (κ1) is 34.7. The maximum absolute atomic E-state index is 13.9. The van der Waals surface area contributed by atoms with Crippen molar-refractivity contribution >= 4 is 21.8 Å². The summed E-state index contributed by atoms with van der Waals surface area (Å²) in [5.41, 5.74) is 0.237. The van der Waals surface area contributed by atoms with Crippen molar-refractivity contribution in [3.63, 3.8) is 0 Å². The van der Waals surface area contributed by atoms with Crippen molar-refractivity contribution in [1.29, 1.82) is 0 Å². The number of benzene rings is 2. The monoisotopic (exact) mass is 644 g/mol. The van der Waals surface area contributed by atoms with E-state index in [1.807, 2.05) is 65.0 Å². The minimum atomic E-state index is -4.05. The number of aliphatic hydroxyl groups excluding tert-OH is 1. The van der Waals surface area contributed by atoms with Crippen LogP contribution >= 0.6 is 0 Å². The zero-order valence-electron chi connectivity index (χ0n) is 27.0. The average molecular weight is 645 g/mol. The van der Waals surface area contributed by atoms with Crippen LogP contribution in [0.4, 0.5) is 0 Å². The summed E-state index contributed by atoms with van der Waals surface area (Å²) < 4.78 is 39.8. The van der Waals surface area contributed by atoms with E-state index in [0.29, 0.717) is 11.5 Å². The predicted molar refractivity (Wildman–Crippen MR) is 171 cm³/mol. The molecular weight excluding hydrogens is 596 g/mol. The lowest BCUT2D eigenvalue weighted by molar-refractivity contribution is -0.133. The SMILES string of the molecule is CC(C)CN(C[C@@H](O)[C@@H](Cc1ccccc1)NC(=O)[C@H](NC(=O)CN1CCCC1)C(C)(C)C)S(=O)(=O)c1ccc2c(c1)OCO2. The fourth-order valence-electron chi connectivity index (χ4n) is 5.64. The number of carbonyl (C=O) groups excluding carboxylic acids is 2. The fourth-order valence-corrected chi connectivity index (χ4v) is 7.28. The van der Waals surface area contributed by atoms with Crippen molar-refractivity contribution in [3.8, 4) is 11.5 Å². The lowest BCUT2D eigenvalue weighted by Crippen LogP contribution is -2.59. The summed E-state index contributed by atoms with van der Waals surface area (Å²) in [5.74, 6) is 0.0990. The van der Waals surface area contributed by atoms with E-state index in [2.05, 4.69) is 15.5 Å². The molecule has 45 heavy (non-hydrogen) atoms. The third-order valence-corrected chi connectivity index (χ3v) is 9.86. The van der Waals surface area contributed by atoms with Crippen LogP contribution in [0.5, 0.6) is 11.5 Å². The molecule has 0 bridgehead atoms. The van der Waals surface area contributed by atoms with Gasteiger partial charge in [-0.15, -0.1) is 0 Å². The molecule has 0 aliphatic carbocycles. The van der Waals surface area contributed by atoms with Crippen LogP contribution in [0.2, 0.25) is 0 Å². The normalized spacial score (nSPS) is 17.3. The van der Waals surface area contributed by atoms with Gasteiger partial charge in [0.15, 0.2) is 11.5 Å². The Morgan fingerprint density at radius 2 is 1.64 bits per heavy atom. The summed E-state index contributed by atoms with van der Waals surface area (Å²) in [6, 6.07) is 12.1. The minimum Gasteiger partial charge on any atom is -0.454 e. The Hall–Kier alpha value is -3.19. The summed E-state index contributed by atoms with van der Waals surface area (Å²) >= 11 is 0. The van der Waals surface area contributed by atoms with Crippen molar-refractivity contribution in [2.24, 2.45) is 11.3 Å². The molecule has 11 nitrogen and oxygen atoms in total. The standard InChI is InChI=1S/C33H48N4O7S/c1-23(2)19-37(45(41,42)25-13-14-28-29(18-25)44-22-43-28)20-27(38)26(17-24-11-7-6-8-12-24)34-32(40)31(33(3,4)5)35-30(39)21-36-15-9-10-16-36/h6-8,11-14,18,23,26-27,31,38H,9-10,15-17,19-22H2,1-5H3,(H,34,40)(H,35,39)/t26-,27-,31+/m1/s1. The lowest BCUT2D eigenvalue weighted by Gasteiger charge is -2.35. The van der Waals surface area contributed by atoms with Gasteiger partial charge >= 0.3 is 0 Å². The van der Waals surface area contributed by atoms with E-state index in [1.165, 1.54) is 16.4 Å². The van der Waals surface area contributed by atoms with Gasteiger partial charge in [0, 0.05) is 19.2 Å². The number of rotatable bonds is 14. The minimum absolute atomic E-state index is 0.0163. The number of carbonyl (C=O) groups is 2. The molecule has 0 unspecified atom stereocenters. The summed E-state index contributed by atoms with van der Waals surface area (Å²) in [6.07, 6.45) is 1.09. The highest BCUT2D eigenvalue weighted by molar-refractivity contribution is 7.89. The maximum atomic E-state index is 13.9. The molecule has 2 aromatic rings. The van der Waals surface area contributed by atoms with E-state index in [9.17, 15) is 23.1 Å². The first-order valence-corrected chi connectivity index (χ1v) is 17.1. The van der Waals surface area contributed by atoms with Gasteiger partial charge in [0.1, 0.15) is 6.04 Å². The summed E-state index contributed by atoms with van der Waals surface area (Å²) in [7, 11) is -4.05. The lowest BCUT2D eigenvalue weighted by atomic mass is 9.85. The molecule has 1 fully saturated rings. The van der Waals surface area contributed by atoms with Crippen molar-refractivity contribution in [1.82, 2.24) is 19.8 Å². The Bertz CT molecular complexity index is 1410. The van der Waals surface area contributed by atoms with Crippen LogP contribution in [0.3, 0.4) is 0 Å². The van der Waals surface area contributed by atoms with E-state index in [-0.39, 0.29) is 49.6 Å². The first-order chi connectivity index (χ1) is 21.2. The van der Waals surface area contributed by atoms with Gasteiger partial charge in [-0.3, -0.25) is 14.5 Å². The molecule has 12 heteroatoms. The highest BCUT2D eigenvalue weighted by Gasteiger charge is 2.37. The van der Waals surface area contributed by atoms with Gasteiger partial charge in [0.05, 0.1) is 23.6 Å². The molecule has 3 atom stereocenters. The van der Waals surface area contributed by atoms with E-state index in [0.717, 1.165) is 31.5 Å². The fraction of sp³-hybridized carbons (Fsp3) is 0.576. The first-order valence-electron chi connectivity index (χ1n) is 15.7. The van der Waals surface area contributed by atoms with Crippen LogP contribution in [0.25, 0.3) is 0 Å². The molecule has 2 aliphatic rings. The zero-order valence-corrected chi connectivity index (χ0v) is 27.8. The number of aliphatic hydroxyl groups is 1. The molecule has 4 rings (SSSR count). The number of nitrogens with one attached hydrogen (secondary N) is 2. The summed E-state index contributed by atoms with van der Waals surface area (Å²) in [6.45, 7) is 11.3. The number of fused-ring (bicyclic) bond motifs is 1. The van der Waals surface area contributed by atoms with Gasteiger partial charge in [-0.05, 0) is 61.4 Å². The number of likely N-dealkylation sites (tertiary alicyclic amines) is 1. The summed E-state index contributed by atoms with van der Waals surface area (Å²) in [4.78, 5) is 28.9. The van der Waals surface area contributed by atoms with Crippen molar-refractivity contribution in [2.75, 3.05) is 39.5 Å². The quantitative estimate of drug-likeness (QED) is 0.286. The van der Waals surface area contributed by atoms with E-state index in [4.69, 9.17) is 9.47 Å². The highest BCUT2D eigenvalue weighted by Crippen LogP contribution is 2.35. The largest absolute Gasteiger partial charge is 0.454 e. The van der Waals surface area contributed by atoms with Crippen LogP contribution in [-0.4, -0.2) is 92.2 Å². The third-order valence-electron chi connectivity index (χ3n) is 8.03. The van der Waals surface area contributed by atoms with Crippen molar-refractivity contribution < 1.29 is 32.6 Å². The average Bonchev–Trinajstić information content (AvgIpc) is 3.66. The number of hydrogen-bond donors (Lipinski definition) is 3. The molecule has 2 aliphatic heterocycles. The van der Waals surface area contributed by atoms with Gasteiger partial charge in [-0.2, -0.15) is 4.31 Å². The molecule has 3 N–H and O–H groups in total.